The quantitative estimate of drug-likeness (QED) is 0.242. The van der Waals surface area contributed by atoms with Crippen LogP contribution in [0.15, 0.2) is 211 Å². The van der Waals surface area contributed by atoms with E-state index in [4.69, 9.17) is 0 Å². The van der Waals surface area contributed by atoms with E-state index in [2.05, 4.69) is 59.9 Å². The smallest absolute Gasteiger partial charge is 0.156 e. The van der Waals surface area contributed by atoms with Crippen molar-refractivity contribution >= 4 is 46.7 Å². The van der Waals surface area contributed by atoms with E-state index in [0.717, 1.165) is 0 Å². The molecule has 0 N–H and O–H groups in total. The van der Waals surface area contributed by atoms with E-state index in [-0.39, 0.29) is 0 Å². The second-order valence-corrected chi connectivity index (χ2v) is 9.19. The predicted molar refractivity (Wildman–Crippen MR) is 193 cm³/mol. The summed E-state index contributed by atoms with van der Waals surface area (Å²) in [6.45, 7) is 0. The zero-order valence-corrected chi connectivity index (χ0v) is 25.5. The average Bonchev–Trinajstić information content (AvgIpc) is 4.00. The van der Waals surface area contributed by atoms with Crippen LogP contribution >= 0.6 is 0 Å². The fourth-order valence-electron chi connectivity index (χ4n) is 3.58. The number of hydrogen-bond donors (Lipinski definition) is 0. The lowest BCUT2D eigenvalue weighted by molar-refractivity contribution is 1.33. The maximum absolute atomic E-state index is 4.37. The molecule has 0 amide bonds. The summed E-state index contributed by atoms with van der Waals surface area (Å²) >= 11 is 0. The molecule has 0 saturated carbocycles. The molecule has 0 saturated heterocycles. The topological polar surface area (TPSA) is 150 Å². The Kier molecular flexibility index (Phi) is 12.6. The lowest BCUT2D eigenvalue weighted by Crippen LogP contribution is -1.98. The lowest BCUT2D eigenvalue weighted by Gasteiger charge is -1.92. The van der Waals surface area contributed by atoms with Crippen LogP contribution in [-0.4, -0.2) is 66.6 Å². The van der Waals surface area contributed by atoms with Crippen molar-refractivity contribution in [1.29, 1.82) is 0 Å². The number of amidine groups is 8. The first-order valence-corrected chi connectivity index (χ1v) is 14.6. The minimum atomic E-state index is 0.538. The number of aliphatic imine (C=N–C) groups is 8. The van der Waals surface area contributed by atoms with Gasteiger partial charge in [0, 0.05) is 49.6 Å². The van der Waals surface area contributed by atoms with Gasteiger partial charge in [0.05, 0.1) is 0 Å². The molecule has 0 fully saturated rings. The van der Waals surface area contributed by atoms with E-state index in [1.54, 1.807) is 98.2 Å². The first kappa shape index (κ1) is 32.3. The number of fused-ring (bicyclic) bond motifs is 4. The molecule has 12 nitrogen and oxygen atoms in total. The molecule has 0 radical (unpaired) electrons. The molecular formula is C36H28N12. The van der Waals surface area contributed by atoms with Crippen LogP contribution in [0.1, 0.15) is 0 Å². The van der Waals surface area contributed by atoms with Crippen LogP contribution in [0.2, 0.25) is 0 Å². The second-order valence-electron chi connectivity index (χ2n) is 9.19. The molecule has 4 aromatic rings. The Labute approximate surface area is 277 Å². The zero-order valence-electron chi connectivity index (χ0n) is 25.5. The summed E-state index contributed by atoms with van der Waals surface area (Å²) in [6, 6.07) is 22.9. The molecular weight excluding hydrogens is 600 g/mol. The summed E-state index contributed by atoms with van der Waals surface area (Å²) in [6.07, 6.45) is 28.2. The third-order valence-corrected chi connectivity index (χ3v) is 5.62. The Morgan fingerprint density at radius 1 is 0.188 bits per heavy atom. The third kappa shape index (κ3) is 11.8. The Bertz CT molecular complexity index is 1570. The normalized spacial score (nSPS) is 19.7. The highest BCUT2D eigenvalue weighted by Gasteiger charge is 2.14. The number of rotatable bonds is 0. The summed E-state index contributed by atoms with van der Waals surface area (Å²) in [5.74, 6) is 4.30. The van der Waals surface area contributed by atoms with Crippen LogP contribution in [0.5, 0.6) is 0 Å². The fourth-order valence-corrected chi connectivity index (χ4v) is 3.58. The van der Waals surface area contributed by atoms with Gasteiger partial charge in [0.25, 0.3) is 0 Å². The lowest BCUT2D eigenvalue weighted by atomic mass is 10.4. The largest absolute Gasteiger partial charge is 0.265 e. The summed E-state index contributed by atoms with van der Waals surface area (Å²) in [5.41, 5.74) is 0. The van der Waals surface area contributed by atoms with Crippen molar-refractivity contribution in [1.82, 2.24) is 19.9 Å². The molecule has 5 aliphatic heterocycles. The summed E-state index contributed by atoms with van der Waals surface area (Å²) < 4.78 is 0. The molecule has 0 aromatic carbocycles. The Hall–Kier alpha value is -7.08. The summed E-state index contributed by atoms with van der Waals surface area (Å²) in [7, 11) is 0. The van der Waals surface area contributed by atoms with Gasteiger partial charge in [-0.05, 0) is 97.1 Å². The van der Waals surface area contributed by atoms with Crippen molar-refractivity contribution in [2.45, 2.75) is 0 Å². The standard InChI is InChI=1S/C16H8N8.4C5H5N/c1-2-10-17-9(1)21-11-3-4-13(18-11)23-15-7-8-16(20-15)24-14-6-5-12(19-14)22-10;4*1-2-4-6-5-3-1/h1-8H;4*1-5H/b21-9-,21-11?,22-10?,22-12-,23-13-,23-15?,24-14?,24-16-;;;;. The van der Waals surface area contributed by atoms with Crippen LogP contribution in [0, 0.1) is 0 Å². The van der Waals surface area contributed by atoms with Crippen molar-refractivity contribution in [2.75, 3.05) is 0 Å². The van der Waals surface area contributed by atoms with Crippen LogP contribution in [0.3, 0.4) is 0 Å². The average molecular weight is 629 g/mol. The van der Waals surface area contributed by atoms with Gasteiger partial charge in [0.15, 0.2) is 46.7 Å². The SMILES string of the molecule is C1=C/C2=N/C3=NC(=N\C4=NC(=N\C5=NC(=N\C1=N2)/C=C5)/C=C4)/C=C3.c1ccncc1.c1ccncc1.c1ccncc1.c1ccncc1. The van der Waals surface area contributed by atoms with E-state index >= 15 is 0 Å². The van der Waals surface area contributed by atoms with E-state index in [9.17, 15) is 0 Å². The minimum absolute atomic E-state index is 0.538. The maximum atomic E-state index is 4.37. The van der Waals surface area contributed by atoms with Gasteiger partial charge in [0.1, 0.15) is 0 Å². The van der Waals surface area contributed by atoms with Crippen LogP contribution < -0.4 is 0 Å². The van der Waals surface area contributed by atoms with Crippen LogP contribution in [0.25, 0.3) is 0 Å². The Morgan fingerprint density at radius 3 is 0.417 bits per heavy atom. The second kappa shape index (κ2) is 18.7. The van der Waals surface area contributed by atoms with Gasteiger partial charge in [-0.15, -0.1) is 0 Å². The van der Waals surface area contributed by atoms with Gasteiger partial charge in [-0.3, -0.25) is 19.9 Å². The van der Waals surface area contributed by atoms with Gasteiger partial charge in [-0.25, -0.2) is 39.9 Å². The number of hydrogen-bond acceptors (Lipinski definition) is 12. The number of nitrogens with zero attached hydrogens (tertiary/aromatic N) is 12. The fraction of sp³-hybridized carbons (Fsp3) is 0. The van der Waals surface area contributed by atoms with Gasteiger partial charge in [-0.1, -0.05) is 24.3 Å². The van der Waals surface area contributed by atoms with E-state index in [1.165, 1.54) is 0 Å². The molecule has 5 aliphatic rings. The van der Waals surface area contributed by atoms with E-state index in [0.29, 0.717) is 46.7 Å². The molecule has 12 heteroatoms. The highest BCUT2D eigenvalue weighted by molar-refractivity contribution is 6.28. The first-order chi connectivity index (χ1) is 23.8. The van der Waals surface area contributed by atoms with Crippen molar-refractivity contribution < 1.29 is 0 Å². The van der Waals surface area contributed by atoms with Crippen molar-refractivity contribution in [3.63, 3.8) is 0 Å². The predicted octanol–water partition coefficient (Wildman–Crippen LogP) is 5.79. The maximum Gasteiger partial charge on any atom is 0.156 e. The van der Waals surface area contributed by atoms with Gasteiger partial charge in [-0.2, -0.15) is 0 Å². The van der Waals surface area contributed by atoms with Gasteiger partial charge >= 0.3 is 0 Å². The third-order valence-electron chi connectivity index (χ3n) is 5.62. The zero-order chi connectivity index (χ0) is 32.9. The highest BCUT2D eigenvalue weighted by atomic mass is 15.1. The molecule has 0 atom stereocenters. The van der Waals surface area contributed by atoms with Gasteiger partial charge < -0.3 is 0 Å². The van der Waals surface area contributed by atoms with E-state index in [1.807, 2.05) is 72.8 Å². The van der Waals surface area contributed by atoms with Gasteiger partial charge in [0.2, 0.25) is 0 Å². The molecule has 0 spiro atoms. The highest BCUT2D eigenvalue weighted by Crippen LogP contribution is 2.10. The molecule has 4 aromatic heterocycles. The van der Waals surface area contributed by atoms with Crippen molar-refractivity contribution in [3.05, 3.63) is 171 Å². The Balaban J connectivity index is 0.000000151. The Morgan fingerprint density at radius 2 is 0.333 bits per heavy atom. The molecule has 0 unspecified atom stereocenters. The molecule has 9 heterocycles. The van der Waals surface area contributed by atoms with Crippen LogP contribution in [0.4, 0.5) is 0 Å². The first-order valence-electron chi connectivity index (χ1n) is 14.6. The molecule has 9 rings (SSSR count). The van der Waals surface area contributed by atoms with Crippen LogP contribution in [-0.2, 0) is 0 Å². The minimum Gasteiger partial charge on any atom is -0.265 e. The molecule has 48 heavy (non-hydrogen) atoms. The monoisotopic (exact) mass is 628 g/mol. The molecule has 232 valence electrons. The summed E-state index contributed by atoms with van der Waals surface area (Å²) in [5, 5.41) is 0. The molecule has 0 aliphatic carbocycles. The number of pyridine rings is 4. The van der Waals surface area contributed by atoms with Crippen molar-refractivity contribution in [2.24, 2.45) is 39.9 Å². The summed E-state index contributed by atoms with van der Waals surface area (Å²) in [4.78, 5) is 49.9. The number of aromatic nitrogens is 4. The molecule has 8 bridgehead atoms. The van der Waals surface area contributed by atoms with E-state index < -0.39 is 0 Å². The van der Waals surface area contributed by atoms with Crippen molar-refractivity contribution in [3.8, 4) is 0 Å².